The maximum absolute atomic E-state index is 5.99. The number of para-hydroxylation sites is 1. The Bertz CT molecular complexity index is 422. The summed E-state index contributed by atoms with van der Waals surface area (Å²) in [7, 11) is 6.32. The van der Waals surface area contributed by atoms with Gasteiger partial charge in [0.2, 0.25) is 0 Å². The van der Waals surface area contributed by atoms with Crippen LogP contribution in [0.1, 0.15) is 18.4 Å². The van der Waals surface area contributed by atoms with E-state index < -0.39 is 0 Å². The molecule has 0 radical (unpaired) electrons. The number of nitrogens with zero attached hydrogens (tertiary/aromatic N) is 2. The molecule has 1 aromatic carbocycles. The number of nitrogens with one attached hydrogen (secondary N) is 1. The Morgan fingerprint density at radius 1 is 1.33 bits per heavy atom. The fraction of sp³-hybridized carbons (Fsp3) is 0.647. The van der Waals surface area contributed by atoms with Gasteiger partial charge in [-0.15, -0.1) is 0 Å². The summed E-state index contributed by atoms with van der Waals surface area (Å²) in [6.45, 7) is 4.99. The summed E-state index contributed by atoms with van der Waals surface area (Å²) in [5.41, 5.74) is 1.23. The molecule has 1 aliphatic rings. The number of benzene rings is 1. The van der Waals surface area contributed by atoms with Gasteiger partial charge in [-0.25, -0.2) is 0 Å². The minimum absolute atomic E-state index is 0.690. The molecule has 118 valence electrons. The first-order valence-electron chi connectivity index (χ1n) is 7.95. The van der Waals surface area contributed by atoms with Gasteiger partial charge in [0.15, 0.2) is 0 Å². The molecule has 1 aliphatic heterocycles. The monoisotopic (exact) mass is 291 g/mol. The van der Waals surface area contributed by atoms with Crippen molar-refractivity contribution in [1.29, 1.82) is 0 Å². The van der Waals surface area contributed by atoms with Gasteiger partial charge in [-0.2, -0.15) is 0 Å². The van der Waals surface area contributed by atoms with Crippen molar-refractivity contribution in [2.24, 2.45) is 0 Å². The van der Waals surface area contributed by atoms with E-state index in [4.69, 9.17) is 4.74 Å². The molecule has 1 aromatic rings. The smallest absolute Gasteiger partial charge is 0.123 e. The topological polar surface area (TPSA) is 27.7 Å². The van der Waals surface area contributed by atoms with Gasteiger partial charge in [-0.1, -0.05) is 18.2 Å². The highest BCUT2D eigenvalue weighted by atomic mass is 16.5. The van der Waals surface area contributed by atoms with Crippen molar-refractivity contribution < 1.29 is 4.74 Å². The van der Waals surface area contributed by atoms with E-state index in [0.717, 1.165) is 32.0 Å². The average Bonchev–Trinajstić information content (AvgIpc) is 2.49. The largest absolute Gasteiger partial charge is 0.492 e. The highest BCUT2D eigenvalue weighted by Crippen LogP contribution is 2.18. The van der Waals surface area contributed by atoms with Crippen molar-refractivity contribution in [1.82, 2.24) is 15.1 Å². The highest BCUT2D eigenvalue weighted by Gasteiger charge is 2.20. The number of rotatable bonds is 7. The predicted octanol–water partition coefficient (Wildman–Crippen LogP) is 1.81. The lowest BCUT2D eigenvalue weighted by Gasteiger charge is -2.36. The number of ether oxygens (including phenoxy) is 1. The Balaban J connectivity index is 1.79. The maximum Gasteiger partial charge on any atom is 0.123 e. The van der Waals surface area contributed by atoms with Gasteiger partial charge in [0.25, 0.3) is 0 Å². The lowest BCUT2D eigenvalue weighted by atomic mass is 10.1. The second-order valence-electron chi connectivity index (χ2n) is 6.05. The van der Waals surface area contributed by atoms with Crippen LogP contribution in [0.15, 0.2) is 24.3 Å². The highest BCUT2D eigenvalue weighted by molar-refractivity contribution is 5.33. The second-order valence-corrected chi connectivity index (χ2v) is 6.05. The van der Waals surface area contributed by atoms with Crippen molar-refractivity contribution in [2.75, 3.05) is 47.4 Å². The number of hydrogen-bond donors (Lipinski definition) is 1. The molecule has 0 bridgehead atoms. The van der Waals surface area contributed by atoms with Crippen LogP contribution in [-0.4, -0.2) is 63.2 Å². The van der Waals surface area contributed by atoms with Crippen molar-refractivity contribution in [3.63, 3.8) is 0 Å². The second kappa shape index (κ2) is 8.37. The SMILES string of the molecule is CNCc1ccccc1OCCN1CCCC(N(C)C)C1. The zero-order valence-corrected chi connectivity index (χ0v) is 13.6. The normalized spacial score (nSPS) is 19.9. The van der Waals surface area contributed by atoms with Gasteiger partial charge in [0.05, 0.1) is 0 Å². The Morgan fingerprint density at radius 3 is 2.90 bits per heavy atom. The molecule has 0 aromatic heterocycles. The van der Waals surface area contributed by atoms with Gasteiger partial charge in [0, 0.05) is 31.2 Å². The van der Waals surface area contributed by atoms with Crippen LogP contribution in [0.3, 0.4) is 0 Å². The molecule has 1 unspecified atom stereocenters. The summed E-state index contributed by atoms with van der Waals surface area (Å²) in [6, 6.07) is 8.97. The Morgan fingerprint density at radius 2 is 2.14 bits per heavy atom. The van der Waals surface area contributed by atoms with E-state index in [2.05, 4.69) is 47.4 Å². The molecule has 1 atom stereocenters. The summed E-state index contributed by atoms with van der Waals surface area (Å²) in [5.74, 6) is 1.01. The number of piperidine rings is 1. The summed E-state index contributed by atoms with van der Waals surface area (Å²) < 4.78 is 5.99. The first kappa shape index (κ1) is 16.3. The Labute approximate surface area is 129 Å². The summed E-state index contributed by atoms with van der Waals surface area (Å²) in [5, 5.41) is 3.19. The lowest BCUT2D eigenvalue weighted by Crippen LogP contribution is -2.46. The third-order valence-corrected chi connectivity index (χ3v) is 4.22. The van der Waals surface area contributed by atoms with Crippen LogP contribution in [0, 0.1) is 0 Å². The summed E-state index contributed by atoms with van der Waals surface area (Å²) in [4.78, 5) is 4.87. The number of likely N-dealkylation sites (N-methyl/N-ethyl adjacent to an activating group) is 1. The van der Waals surface area contributed by atoms with E-state index in [9.17, 15) is 0 Å². The summed E-state index contributed by atoms with van der Waals surface area (Å²) >= 11 is 0. The van der Waals surface area contributed by atoms with E-state index in [-0.39, 0.29) is 0 Å². The van der Waals surface area contributed by atoms with Crippen LogP contribution in [0.5, 0.6) is 5.75 Å². The quantitative estimate of drug-likeness (QED) is 0.829. The molecule has 0 saturated carbocycles. The zero-order chi connectivity index (χ0) is 15.1. The van der Waals surface area contributed by atoms with Gasteiger partial charge in [-0.05, 0) is 46.6 Å². The van der Waals surface area contributed by atoms with Crippen LogP contribution in [-0.2, 0) is 6.54 Å². The molecule has 1 N–H and O–H groups in total. The molecule has 4 nitrogen and oxygen atoms in total. The molecule has 0 amide bonds. The van der Waals surface area contributed by atoms with Crippen LogP contribution >= 0.6 is 0 Å². The number of hydrogen-bond acceptors (Lipinski definition) is 4. The minimum atomic E-state index is 0.690. The molecular formula is C17H29N3O. The molecule has 1 heterocycles. The van der Waals surface area contributed by atoms with E-state index in [1.165, 1.54) is 24.9 Å². The third-order valence-electron chi connectivity index (χ3n) is 4.22. The zero-order valence-electron chi connectivity index (χ0n) is 13.6. The molecule has 21 heavy (non-hydrogen) atoms. The van der Waals surface area contributed by atoms with E-state index in [1.807, 2.05) is 13.1 Å². The molecular weight excluding hydrogens is 262 g/mol. The van der Waals surface area contributed by atoms with Gasteiger partial charge < -0.3 is 15.0 Å². The van der Waals surface area contributed by atoms with Crippen molar-refractivity contribution >= 4 is 0 Å². The van der Waals surface area contributed by atoms with Crippen LogP contribution < -0.4 is 10.1 Å². The third kappa shape index (κ3) is 4.99. The van der Waals surface area contributed by atoms with Crippen molar-refractivity contribution in [2.45, 2.75) is 25.4 Å². The van der Waals surface area contributed by atoms with Crippen molar-refractivity contribution in [3.8, 4) is 5.75 Å². The fourth-order valence-corrected chi connectivity index (χ4v) is 2.92. The van der Waals surface area contributed by atoms with Crippen LogP contribution in [0.2, 0.25) is 0 Å². The predicted molar refractivity (Wildman–Crippen MR) is 87.8 cm³/mol. The molecule has 2 rings (SSSR count). The van der Waals surface area contributed by atoms with Gasteiger partial charge in [-0.3, -0.25) is 4.90 Å². The van der Waals surface area contributed by atoms with Crippen LogP contribution in [0.4, 0.5) is 0 Å². The molecule has 1 fully saturated rings. The van der Waals surface area contributed by atoms with E-state index in [1.54, 1.807) is 0 Å². The van der Waals surface area contributed by atoms with Gasteiger partial charge in [0.1, 0.15) is 12.4 Å². The first-order chi connectivity index (χ1) is 10.2. The van der Waals surface area contributed by atoms with Gasteiger partial charge >= 0.3 is 0 Å². The van der Waals surface area contributed by atoms with E-state index in [0.29, 0.717) is 6.04 Å². The van der Waals surface area contributed by atoms with Crippen molar-refractivity contribution in [3.05, 3.63) is 29.8 Å². The fourth-order valence-electron chi connectivity index (χ4n) is 2.92. The minimum Gasteiger partial charge on any atom is -0.492 e. The Hall–Kier alpha value is -1.10. The maximum atomic E-state index is 5.99. The molecule has 0 aliphatic carbocycles. The molecule has 4 heteroatoms. The van der Waals surface area contributed by atoms with E-state index >= 15 is 0 Å². The molecule has 0 spiro atoms. The average molecular weight is 291 g/mol. The standard InChI is InChI=1S/C17H29N3O/c1-18-13-15-7-4-5-9-17(15)21-12-11-20-10-6-8-16(14-20)19(2)3/h4-5,7,9,16,18H,6,8,10-14H2,1-3H3. The lowest BCUT2D eigenvalue weighted by molar-refractivity contribution is 0.117. The summed E-state index contributed by atoms with van der Waals surface area (Å²) in [6.07, 6.45) is 2.61. The van der Waals surface area contributed by atoms with Crippen LogP contribution in [0.25, 0.3) is 0 Å². The first-order valence-corrected chi connectivity index (χ1v) is 7.95. The number of likely N-dealkylation sites (tertiary alicyclic amines) is 1. The molecule has 1 saturated heterocycles. The Kier molecular flexibility index (Phi) is 6.49.